The molecule has 2 aromatic rings. The van der Waals surface area contributed by atoms with Gasteiger partial charge in [0.05, 0.1) is 16.1 Å². The number of benzene rings is 2. The van der Waals surface area contributed by atoms with Crippen LogP contribution in [0.25, 0.3) is 0 Å². The first-order chi connectivity index (χ1) is 10.2. The van der Waals surface area contributed by atoms with E-state index >= 15 is 0 Å². The van der Waals surface area contributed by atoms with Gasteiger partial charge >= 0.3 is 0 Å². The van der Waals surface area contributed by atoms with E-state index in [1.54, 1.807) is 0 Å². The molecule has 22 heavy (non-hydrogen) atoms. The van der Waals surface area contributed by atoms with Gasteiger partial charge in [-0.2, -0.15) is 0 Å². The number of anilines is 1. The fourth-order valence-electron chi connectivity index (χ4n) is 1.61. The van der Waals surface area contributed by atoms with Gasteiger partial charge in [-0.25, -0.2) is 17.2 Å². The van der Waals surface area contributed by atoms with Crippen LogP contribution in [0.2, 0.25) is 5.02 Å². The van der Waals surface area contributed by atoms with E-state index in [-0.39, 0.29) is 10.7 Å². The molecule has 0 unspecified atom stereocenters. The second-order valence-electron chi connectivity index (χ2n) is 4.17. The maximum absolute atomic E-state index is 13.6. The van der Waals surface area contributed by atoms with Crippen LogP contribution in [0.15, 0.2) is 41.3 Å². The van der Waals surface area contributed by atoms with Crippen LogP contribution in [0, 0.1) is 11.6 Å². The molecular formula is C13H7ClF2NO4S-. The molecule has 0 aliphatic heterocycles. The standard InChI is InChI=1S/C13H8ClF2NO4S/c14-7-1-4-12(11(16)5-7)17-13(18)9-6-8(22(19,20)21)2-3-10(9)15/h1-6H,(H,17,18)(H,19,20,21)/p-1. The Morgan fingerprint density at radius 2 is 1.77 bits per heavy atom. The second kappa shape index (κ2) is 5.99. The number of halogens is 3. The fraction of sp³-hybridized carbons (Fsp3) is 0. The number of hydrogen-bond donors (Lipinski definition) is 1. The molecule has 1 N–H and O–H groups in total. The van der Waals surface area contributed by atoms with Gasteiger partial charge in [0.2, 0.25) is 0 Å². The summed E-state index contributed by atoms with van der Waals surface area (Å²) in [5.74, 6) is -3.02. The molecule has 5 nitrogen and oxygen atoms in total. The van der Waals surface area contributed by atoms with Gasteiger partial charge < -0.3 is 9.87 Å². The van der Waals surface area contributed by atoms with Gasteiger partial charge in [-0.1, -0.05) is 11.6 Å². The zero-order valence-electron chi connectivity index (χ0n) is 10.6. The normalized spacial score (nSPS) is 11.3. The lowest BCUT2D eigenvalue weighted by atomic mass is 10.2. The molecule has 0 heterocycles. The molecule has 0 saturated heterocycles. The Labute approximate surface area is 129 Å². The predicted octanol–water partition coefficient (Wildman–Crippen LogP) is 2.77. The first-order valence-electron chi connectivity index (χ1n) is 5.70. The van der Waals surface area contributed by atoms with Crippen molar-refractivity contribution in [3.05, 3.63) is 58.6 Å². The number of rotatable bonds is 3. The molecule has 116 valence electrons. The monoisotopic (exact) mass is 346 g/mol. The highest BCUT2D eigenvalue weighted by molar-refractivity contribution is 7.85. The molecule has 0 spiro atoms. The Hall–Kier alpha value is -2.03. The Morgan fingerprint density at radius 3 is 2.36 bits per heavy atom. The van der Waals surface area contributed by atoms with E-state index < -0.39 is 38.1 Å². The van der Waals surface area contributed by atoms with Gasteiger partial charge in [0, 0.05) is 5.02 Å². The maximum Gasteiger partial charge on any atom is 0.258 e. The third-order valence-electron chi connectivity index (χ3n) is 2.65. The lowest BCUT2D eigenvalue weighted by Gasteiger charge is -2.11. The minimum absolute atomic E-state index is 0.0983. The van der Waals surface area contributed by atoms with E-state index in [1.165, 1.54) is 6.07 Å². The summed E-state index contributed by atoms with van der Waals surface area (Å²) in [6.45, 7) is 0. The Kier molecular flexibility index (Phi) is 4.45. The van der Waals surface area contributed by atoms with Crippen LogP contribution in [-0.2, 0) is 10.1 Å². The summed E-state index contributed by atoms with van der Waals surface area (Å²) in [6, 6.07) is 5.37. The van der Waals surface area contributed by atoms with Gasteiger partial charge in [0.25, 0.3) is 5.91 Å². The van der Waals surface area contributed by atoms with E-state index in [9.17, 15) is 26.5 Å². The average molecular weight is 347 g/mol. The van der Waals surface area contributed by atoms with Gasteiger partial charge in [-0.15, -0.1) is 0 Å². The van der Waals surface area contributed by atoms with Crippen molar-refractivity contribution in [1.29, 1.82) is 0 Å². The van der Waals surface area contributed by atoms with Crippen LogP contribution in [0.5, 0.6) is 0 Å². The minimum atomic E-state index is -4.85. The fourth-order valence-corrected chi connectivity index (χ4v) is 2.27. The molecule has 0 radical (unpaired) electrons. The topological polar surface area (TPSA) is 86.3 Å². The molecule has 0 aliphatic carbocycles. The molecule has 2 rings (SSSR count). The molecule has 2 aromatic carbocycles. The van der Waals surface area contributed by atoms with Crippen molar-refractivity contribution >= 4 is 33.3 Å². The van der Waals surface area contributed by atoms with Crippen molar-refractivity contribution in [3.63, 3.8) is 0 Å². The van der Waals surface area contributed by atoms with Crippen molar-refractivity contribution in [2.24, 2.45) is 0 Å². The average Bonchev–Trinajstić information content (AvgIpc) is 2.41. The summed E-state index contributed by atoms with van der Waals surface area (Å²) in [7, 11) is -4.85. The molecule has 0 aromatic heterocycles. The summed E-state index contributed by atoms with van der Waals surface area (Å²) >= 11 is 5.55. The molecule has 9 heteroatoms. The van der Waals surface area contributed by atoms with Gasteiger partial charge in [0.15, 0.2) is 0 Å². The van der Waals surface area contributed by atoms with Crippen LogP contribution in [-0.4, -0.2) is 18.9 Å². The number of amides is 1. The van der Waals surface area contributed by atoms with Crippen molar-refractivity contribution in [2.45, 2.75) is 4.90 Å². The molecule has 0 bridgehead atoms. The summed E-state index contributed by atoms with van der Waals surface area (Å²) in [4.78, 5) is 11.1. The Balaban J connectivity index is 2.37. The van der Waals surface area contributed by atoms with Crippen LogP contribution >= 0.6 is 11.6 Å². The van der Waals surface area contributed by atoms with E-state index in [1.807, 2.05) is 0 Å². The summed E-state index contributed by atoms with van der Waals surface area (Å²) in [5.41, 5.74) is -0.976. The van der Waals surface area contributed by atoms with Gasteiger partial charge in [-0.05, 0) is 36.4 Å². The smallest absolute Gasteiger partial charge is 0.258 e. The van der Waals surface area contributed by atoms with E-state index in [2.05, 4.69) is 5.32 Å². The predicted molar refractivity (Wildman–Crippen MR) is 73.7 cm³/mol. The van der Waals surface area contributed by atoms with Crippen molar-refractivity contribution in [2.75, 3.05) is 5.32 Å². The van der Waals surface area contributed by atoms with Crippen molar-refractivity contribution < 1.29 is 26.5 Å². The molecule has 1 amide bonds. The molecule has 0 fully saturated rings. The molecule has 0 saturated carbocycles. The lowest BCUT2D eigenvalue weighted by Crippen LogP contribution is -2.15. The SMILES string of the molecule is O=C(Nc1ccc(Cl)cc1F)c1cc(S(=O)(=O)[O-])ccc1F. The van der Waals surface area contributed by atoms with Crippen LogP contribution in [0.1, 0.15) is 10.4 Å². The first-order valence-corrected chi connectivity index (χ1v) is 7.49. The molecule has 0 aliphatic rings. The lowest BCUT2D eigenvalue weighted by molar-refractivity contribution is 0.102. The number of nitrogens with one attached hydrogen (secondary N) is 1. The molecule has 0 atom stereocenters. The van der Waals surface area contributed by atoms with Crippen LogP contribution < -0.4 is 5.32 Å². The Bertz CT molecular complexity index is 855. The number of carbonyl (C=O) groups excluding carboxylic acids is 1. The van der Waals surface area contributed by atoms with Crippen molar-refractivity contribution in [3.8, 4) is 0 Å². The van der Waals surface area contributed by atoms with Crippen LogP contribution in [0.4, 0.5) is 14.5 Å². The van der Waals surface area contributed by atoms with Crippen LogP contribution in [0.3, 0.4) is 0 Å². The van der Waals surface area contributed by atoms with E-state index in [0.29, 0.717) is 12.1 Å². The quantitative estimate of drug-likeness (QED) is 0.866. The number of hydrogen-bond acceptors (Lipinski definition) is 4. The first kappa shape index (κ1) is 16.3. The molecular weight excluding hydrogens is 340 g/mol. The van der Waals surface area contributed by atoms with Crippen molar-refractivity contribution in [1.82, 2.24) is 0 Å². The maximum atomic E-state index is 13.6. The third kappa shape index (κ3) is 3.59. The highest BCUT2D eigenvalue weighted by Crippen LogP contribution is 2.21. The highest BCUT2D eigenvalue weighted by atomic mass is 35.5. The van der Waals surface area contributed by atoms with E-state index in [4.69, 9.17) is 11.6 Å². The number of carbonyl (C=O) groups is 1. The van der Waals surface area contributed by atoms with Gasteiger partial charge in [-0.3, -0.25) is 4.79 Å². The summed E-state index contributed by atoms with van der Waals surface area (Å²) in [5, 5.41) is 2.16. The Morgan fingerprint density at radius 1 is 1.09 bits per heavy atom. The largest absolute Gasteiger partial charge is 0.744 e. The third-order valence-corrected chi connectivity index (χ3v) is 3.72. The second-order valence-corrected chi connectivity index (χ2v) is 5.99. The van der Waals surface area contributed by atoms with Gasteiger partial charge in [0.1, 0.15) is 21.8 Å². The minimum Gasteiger partial charge on any atom is -0.744 e. The zero-order chi connectivity index (χ0) is 16.5. The highest BCUT2D eigenvalue weighted by Gasteiger charge is 2.16. The van der Waals surface area contributed by atoms with E-state index in [0.717, 1.165) is 18.2 Å². The zero-order valence-corrected chi connectivity index (χ0v) is 12.2. The summed E-state index contributed by atoms with van der Waals surface area (Å²) in [6.07, 6.45) is 0. The summed E-state index contributed by atoms with van der Waals surface area (Å²) < 4.78 is 59.8.